The molecule has 0 atom stereocenters. The molecule has 0 radical (unpaired) electrons. The van der Waals surface area contributed by atoms with Gasteiger partial charge in [0, 0.05) is 25.7 Å². The van der Waals surface area contributed by atoms with Crippen molar-refractivity contribution in [3.05, 3.63) is 41.4 Å². The molecule has 1 heterocycles. The average Bonchev–Trinajstić information content (AvgIpc) is 2.93. The van der Waals surface area contributed by atoms with Gasteiger partial charge in [0.15, 0.2) is 17.8 Å². The second-order valence-corrected chi connectivity index (χ2v) is 4.75. The van der Waals surface area contributed by atoms with E-state index in [-0.39, 0.29) is 36.4 Å². The molecule has 1 aromatic carbocycles. The molecule has 122 valence electrons. The number of hydrogen-bond donors (Lipinski definition) is 1. The van der Waals surface area contributed by atoms with Crippen LogP contribution in [0.4, 0.5) is 0 Å². The van der Waals surface area contributed by atoms with E-state index in [2.05, 4.69) is 10.3 Å². The van der Waals surface area contributed by atoms with Gasteiger partial charge in [-0.2, -0.15) is 0 Å². The largest absolute Gasteiger partial charge is 0.443 e. The summed E-state index contributed by atoms with van der Waals surface area (Å²) in [4.78, 5) is 18.0. The van der Waals surface area contributed by atoms with E-state index < -0.39 is 0 Å². The van der Waals surface area contributed by atoms with Crippen molar-refractivity contribution in [1.29, 1.82) is 0 Å². The lowest BCUT2D eigenvalue weighted by atomic mass is 10.1. The minimum Gasteiger partial charge on any atom is -0.443 e. The van der Waals surface area contributed by atoms with Gasteiger partial charge in [-0.15, -0.1) is 24.8 Å². The van der Waals surface area contributed by atoms with Crippen molar-refractivity contribution in [2.45, 2.75) is 0 Å². The van der Waals surface area contributed by atoms with Crippen molar-refractivity contribution in [3.63, 3.8) is 0 Å². The lowest BCUT2D eigenvalue weighted by Crippen LogP contribution is -2.33. The normalized spacial score (nSPS) is 9.59. The number of carbonyl (C=O) groups is 1. The summed E-state index contributed by atoms with van der Waals surface area (Å²) in [6.07, 6.45) is 1.26. The van der Waals surface area contributed by atoms with Gasteiger partial charge in [0.05, 0.1) is 5.02 Å². The molecule has 22 heavy (non-hydrogen) atoms. The number of nitrogens with one attached hydrogen (secondary N) is 1. The topological polar surface area (TPSA) is 58.4 Å². The van der Waals surface area contributed by atoms with Gasteiger partial charge in [-0.05, 0) is 19.2 Å². The molecule has 0 saturated heterocycles. The predicted octanol–water partition coefficient (Wildman–Crippen LogP) is 3.13. The smallest absolute Gasteiger partial charge is 0.276 e. The first-order chi connectivity index (χ1) is 9.65. The molecule has 0 aliphatic heterocycles. The molecule has 2 aromatic rings. The van der Waals surface area contributed by atoms with Crippen LogP contribution in [0.15, 0.2) is 35.1 Å². The highest BCUT2D eigenvalue weighted by Crippen LogP contribution is 2.30. The maximum atomic E-state index is 12.3. The Morgan fingerprint density at radius 1 is 1.36 bits per heavy atom. The Morgan fingerprint density at radius 3 is 2.68 bits per heavy atom. The third-order valence-electron chi connectivity index (χ3n) is 2.93. The summed E-state index contributed by atoms with van der Waals surface area (Å²) >= 11 is 6.13. The predicted molar refractivity (Wildman–Crippen MR) is 92.3 cm³/mol. The Hall–Kier alpha value is -1.27. The molecule has 0 unspecified atom stereocenters. The highest BCUT2D eigenvalue weighted by atomic mass is 35.5. The maximum Gasteiger partial charge on any atom is 0.276 e. The maximum absolute atomic E-state index is 12.3. The van der Waals surface area contributed by atoms with Crippen molar-refractivity contribution >= 4 is 42.3 Å². The zero-order valence-corrected chi connectivity index (χ0v) is 14.6. The van der Waals surface area contributed by atoms with E-state index in [1.807, 2.05) is 19.2 Å². The van der Waals surface area contributed by atoms with Crippen molar-refractivity contribution in [2.24, 2.45) is 0 Å². The first-order valence-electron chi connectivity index (χ1n) is 6.23. The highest BCUT2D eigenvalue weighted by molar-refractivity contribution is 6.33. The summed E-state index contributed by atoms with van der Waals surface area (Å²) in [5, 5.41) is 3.52. The van der Waals surface area contributed by atoms with Gasteiger partial charge in [0.25, 0.3) is 5.91 Å². The molecule has 0 spiro atoms. The Balaban J connectivity index is 0.00000220. The van der Waals surface area contributed by atoms with Gasteiger partial charge in [0.2, 0.25) is 0 Å². The molecular weight excluding hydrogens is 349 g/mol. The van der Waals surface area contributed by atoms with Gasteiger partial charge in [-0.1, -0.05) is 23.7 Å². The number of carbonyl (C=O) groups excluding carboxylic acids is 1. The molecular formula is C14H18Cl3N3O2. The van der Waals surface area contributed by atoms with Gasteiger partial charge in [-0.3, -0.25) is 4.79 Å². The number of aromatic nitrogens is 1. The van der Waals surface area contributed by atoms with Crippen molar-refractivity contribution in [1.82, 2.24) is 15.2 Å². The first kappa shape index (κ1) is 20.7. The summed E-state index contributed by atoms with van der Waals surface area (Å²) in [5.74, 6) is 0.209. The molecule has 1 aromatic heterocycles. The number of hydrogen-bond acceptors (Lipinski definition) is 4. The fraction of sp³-hybridized carbons (Fsp3) is 0.286. The zero-order chi connectivity index (χ0) is 14.5. The second kappa shape index (κ2) is 9.69. The fourth-order valence-corrected chi connectivity index (χ4v) is 2.02. The van der Waals surface area contributed by atoms with E-state index in [9.17, 15) is 4.79 Å². The van der Waals surface area contributed by atoms with E-state index in [1.165, 1.54) is 6.39 Å². The molecule has 2 rings (SSSR count). The van der Waals surface area contributed by atoms with E-state index in [0.29, 0.717) is 29.4 Å². The lowest BCUT2D eigenvalue weighted by Gasteiger charge is -2.16. The van der Waals surface area contributed by atoms with Crippen LogP contribution in [0.2, 0.25) is 5.02 Å². The van der Waals surface area contributed by atoms with E-state index in [0.717, 1.165) is 0 Å². The minimum absolute atomic E-state index is 0. The van der Waals surface area contributed by atoms with Crippen LogP contribution in [-0.2, 0) is 0 Å². The third-order valence-corrected chi connectivity index (χ3v) is 3.26. The monoisotopic (exact) mass is 365 g/mol. The van der Waals surface area contributed by atoms with Crippen LogP contribution in [0.25, 0.3) is 11.3 Å². The Bertz CT molecular complexity index is 605. The van der Waals surface area contributed by atoms with Crippen LogP contribution in [0.3, 0.4) is 0 Å². The van der Waals surface area contributed by atoms with Crippen molar-refractivity contribution < 1.29 is 9.21 Å². The van der Waals surface area contributed by atoms with Gasteiger partial charge >= 0.3 is 0 Å². The molecule has 0 aliphatic carbocycles. The quantitative estimate of drug-likeness (QED) is 0.883. The molecule has 8 heteroatoms. The summed E-state index contributed by atoms with van der Waals surface area (Å²) in [5.41, 5.74) is 0.939. The van der Waals surface area contributed by atoms with Crippen LogP contribution >= 0.6 is 36.4 Å². The molecule has 5 nitrogen and oxygen atoms in total. The minimum atomic E-state index is -0.191. The SMILES string of the molecule is CNCCN(C)C(=O)c1ncoc1-c1ccccc1Cl.Cl.Cl. The highest BCUT2D eigenvalue weighted by Gasteiger charge is 2.22. The zero-order valence-electron chi connectivity index (χ0n) is 12.2. The number of nitrogens with zero attached hydrogens (tertiary/aromatic N) is 2. The lowest BCUT2D eigenvalue weighted by molar-refractivity contribution is 0.0792. The van der Waals surface area contributed by atoms with Crippen LogP contribution < -0.4 is 5.32 Å². The fourth-order valence-electron chi connectivity index (χ4n) is 1.80. The van der Waals surface area contributed by atoms with Crippen molar-refractivity contribution in [3.8, 4) is 11.3 Å². The summed E-state index contributed by atoms with van der Waals surface area (Å²) in [6, 6.07) is 7.21. The van der Waals surface area contributed by atoms with E-state index in [1.54, 1.807) is 24.1 Å². The van der Waals surface area contributed by atoms with E-state index >= 15 is 0 Å². The number of benzene rings is 1. The molecule has 0 aliphatic rings. The van der Waals surface area contributed by atoms with Gasteiger partial charge in [-0.25, -0.2) is 4.98 Å². The van der Waals surface area contributed by atoms with Gasteiger partial charge in [0.1, 0.15) is 0 Å². The second-order valence-electron chi connectivity index (χ2n) is 4.34. The Kier molecular flexibility index (Phi) is 9.13. The number of oxazole rings is 1. The van der Waals surface area contributed by atoms with Crippen LogP contribution in [0.5, 0.6) is 0 Å². The number of rotatable bonds is 5. The molecule has 0 bridgehead atoms. The van der Waals surface area contributed by atoms with E-state index in [4.69, 9.17) is 16.0 Å². The summed E-state index contributed by atoms with van der Waals surface area (Å²) in [6.45, 7) is 1.30. The number of halogens is 3. The standard InChI is InChI=1S/C14H16ClN3O2.2ClH/c1-16-7-8-18(2)14(19)12-13(20-9-17-12)10-5-3-4-6-11(10)15;;/h3-6,9,16H,7-8H2,1-2H3;2*1H. The van der Waals surface area contributed by atoms with Crippen molar-refractivity contribution in [2.75, 3.05) is 27.2 Å². The molecule has 1 amide bonds. The number of likely N-dealkylation sites (N-methyl/N-ethyl adjacent to an activating group) is 2. The molecule has 1 N–H and O–H groups in total. The average molecular weight is 367 g/mol. The van der Waals surface area contributed by atoms with Crippen LogP contribution in [0, 0.1) is 0 Å². The Labute approximate surface area is 146 Å². The van der Waals surface area contributed by atoms with Crippen LogP contribution in [-0.4, -0.2) is 43.0 Å². The van der Waals surface area contributed by atoms with Crippen LogP contribution in [0.1, 0.15) is 10.5 Å². The Morgan fingerprint density at radius 2 is 2.05 bits per heavy atom. The molecule has 0 saturated carbocycles. The summed E-state index contributed by atoms with van der Waals surface area (Å²) < 4.78 is 5.35. The molecule has 0 fully saturated rings. The first-order valence-corrected chi connectivity index (χ1v) is 6.61. The third kappa shape index (κ3) is 4.61. The number of amides is 1. The van der Waals surface area contributed by atoms with Gasteiger partial charge < -0.3 is 14.6 Å². The summed E-state index contributed by atoms with van der Waals surface area (Å²) in [7, 11) is 3.56.